The molecule has 0 unspecified atom stereocenters. The molecule has 0 aromatic carbocycles. The predicted molar refractivity (Wildman–Crippen MR) is 70.3 cm³/mol. The summed E-state index contributed by atoms with van der Waals surface area (Å²) in [6.45, 7) is 0. The van der Waals surface area contributed by atoms with Gasteiger partial charge in [0.05, 0.1) is 16.1 Å². The van der Waals surface area contributed by atoms with Crippen LogP contribution in [0.4, 0.5) is 0 Å². The molecule has 80 valence electrons. The Bertz CT molecular complexity index is 629. The van der Waals surface area contributed by atoms with E-state index in [2.05, 4.69) is 16.0 Å². The molecule has 0 spiro atoms. The van der Waals surface area contributed by atoms with E-state index in [4.69, 9.17) is 11.6 Å². The molecule has 16 heavy (non-hydrogen) atoms. The Labute approximate surface area is 106 Å². The van der Waals surface area contributed by atoms with Crippen LogP contribution in [0.5, 0.6) is 0 Å². The van der Waals surface area contributed by atoms with E-state index >= 15 is 0 Å². The first-order valence-corrected chi connectivity index (χ1v) is 6.94. The Hall–Kier alpha value is -0.970. The van der Waals surface area contributed by atoms with Gasteiger partial charge in [-0.1, -0.05) is 0 Å². The van der Waals surface area contributed by atoms with E-state index in [0.29, 0.717) is 5.88 Å². The SMILES string of the molecule is ClCc1cnc(-c2cnc3ccsc3c2)s1. The van der Waals surface area contributed by atoms with Gasteiger partial charge >= 0.3 is 0 Å². The van der Waals surface area contributed by atoms with E-state index in [0.717, 1.165) is 21.0 Å². The highest BCUT2D eigenvalue weighted by molar-refractivity contribution is 7.17. The number of nitrogens with zero attached hydrogens (tertiary/aromatic N) is 2. The zero-order chi connectivity index (χ0) is 11.0. The van der Waals surface area contributed by atoms with Crippen molar-refractivity contribution >= 4 is 44.5 Å². The fourth-order valence-corrected chi connectivity index (χ4v) is 3.22. The minimum Gasteiger partial charge on any atom is -0.255 e. The van der Waals surface area contributed by atoms with Gasteiger partial charge in [0.1, 0.15) is 5.01 Å². The Kier molecular flexibility index (Phi) is 2.63. The fourth-order valence-electron chi connectivity index (χ4n) is 1.47. The maximum Gasteiger partial charge on any atom is 0.125 e. The Morgan fingerprint density at radius 3 is 3.00 bits per heavy atom. The zero-order valence-electron chi connectivity index (χ0n) is 8.18. The van der Waals surface area contributed by atoms with E-state index in [-0.39, 0.29) is 0 Å². The van der Waals surface area contributed by atoms with Crippen LogP contribution in [0.25, 0.3) is 20.8 Å². The van der Waals surface area contributed by atoms with Gasteiger partial charge in [0.15, 0.2) is 0 Å². The summed E-state index contributed by atoms with van der Waals surface area (Å²) in [5.74, 6) is 0.520. The van der Waals surface area contributed by atoms with Gasteiger partial charge in [-0.05, 0) is 17.5 Å². The number of fused-ring (bicyclic) bond motifs is 1. The monoisotopic (exact) mass is 266 g/mol. The standard InChI is InChI=1S/C11H7ClN2S2/c12-4-8-6-14-11(16-8)7-3-10-9(13-5-7)1-2-15-10/h1-3,5-6H,4H2. The van der Waals surface area contributed by atoms with Crippen LogP contribution < -0.4 is 0 Å². The van der Waals surface area contributed by atoms with Crippen molar-refractivity contribution in [2.45, 2.75) is 5.88 Å². The second-order valence-electron chi connectivity index (χ2n) is 3.29. The van der Waals surface area contributed by atoms with Crippen molar-refractivity contribution in [1.29, 1.82) is 0 Å². The summed E-state index contributed by atoms with van der Waals surface area (Å²) in [4.78, 5) is 9.83. The molecule has 0 fully saturated rings. The summed E-state index contributed by atoms with van der Waals surface area (Å²) >= 11 is 9.08. The number of thiophene rings is 1. The van der Waals surface area contributed by atoms with Gasteiger partial charge in [0, 0.05) is 22.8 Å². The predicted octanol–water partition coefficient (Wildman–Crippen LogP) is 4.16. The Morgan fingerprint density at radius 2 is 2.19 bits per heavy atom. The largest absolute Gasteiger partial charge is 0.255 e. The normalized spacial score (nSPS) is 11.1. The van der Waals surface area contributed by atoms with Gasteiger partial charge in [-0.3, -0.25) is 4.98 Å². The lowest BCUT2D eigenvalue weighted by molar-refractivity contribution is 1.35. The van der Waals surface area contributed by atoms with Crippen LogP contribution in [0.15, 0.2) is 29.9 Å². The molecule has 0 radical (unpaired) electrons. The molecule has 0 bridgehead atoms. The van der Waals surface area contributed by atoms with Gasteiger partial charge in [-0.15, -0.1) is 34.3 Å². The van der Waals surface area contributed by atoms with Crippen molar-refractivity contribution in [3.05, 3.63) is 34.8 Å². The summed E-state index contributed by atoms with van der Waals surface area (Å²) in [6.07, 6.45) is 3.69. The van der Waals surface area contributed by atoms with Gasteiger partial charge < -0.3 is 0 Å². The molecule has 0 N–H and O–H groups in total. The third-order valence-corrected chi connectivity index (χ3v) is 4.58. The smallest absolute Gasteiger partial charge is 0.125 e. The summed E-state index contributed by atoms with van der Waals surface area (Å²) in [5, 5.41) is 3.03. The van der Waals surface area contributed by atoms with Crippen LogP contribution >= 0.6 is 34.3 Å². The van der Waals surface area contributed by atoms with Crippen LogP contribution in [0.3, 0.4) is 0 Å². The molecule has 3 heterocycles. The van der Waals surface area contributed by atoms with Crippen molar-refractivity contribution in [1.82, 2.24) is 9.97 Å². The number of halogens is 1. The maximum atomic E-state index is 5.76. The Morgan fingerprint density at radius 1 is 1.25 bits per heavy atom. The summed E-state index contributed by atoms with van der Waals surface area (Å²) in [7, 11) is 0. The summed E-state index contributed by atoms with van der Waals surface area (Å²) in [5.41, 5.74) is 2.11. The summed E-state index contributed by atoms with van der Waals surface area (Å²) in [6, 6.07) is 4.15. The molecule has 3 aromatic rings. The molecular formula is C11H7ClN2S2. The second kappa shape index (κ2) is 4.13. The van der Waals surface area contributed by atoms with Crippen LogP contribution in [-0.4, -0.2) is 9.97 Å². The van der Waals surface area contributed by atoms with Gasteiger partial charge in [-0.2, -0.15) is 0 Å². The first kappa shape index (κ1) is 10.2. The van der Waals surface area contributed by atoms with Crippen molar-refractivity contribution in [3.63, 3.8) is 0 Å². The van der Waals surface area contributed by atoms with Gasteiger partial charge in [0.2, 0.25) is 0 Å². The highest BCUT2D eigenvalue weighted by Crippen LogP contribution is 2.29. The second-order valence-corrected chi connectivity index (χ2v) is 5.62. The molecular weight excluding hydrogens is 260 g/mol. The number of pyridine rings is 1. The van der Waals surface area contributed by atoms with Crippen molar-refractivity contribution in [3.8, 4) is 10.6 Å². The lowest BCUT2D eigenvalue weighted by atomic mass is 10.3. The number of rotatable bonds is 2. The number of alkyl halides is 1. The molecule has 0 saturated heterocycles. The molecule has 3 aromatic heterocycles. The van der Waals surface area contributed by atoms with E-state index in [1.54, 1.807) is 22.7 Å². The lowest BCUT2D eigenvalue weighted by Gasteiger charge is -1.95. The maximum absolute atomic E-state index is 5.76. The molecule has 2 nitrogen and oxygen atoms in total. The Balaban J connectivity index is 2.10. The molecule has 0 aliphatic rings. The fraction of sp³-hybridized carbons (Fsp3) is 0.0909. The first-order chi connectivity index (χ1) is 7.86. The molecule has 0 atom stereocenters. The minimum atomic E-state index is 0.520. The number of aromatic nitrogens is 2. The number of hydrogen-bond acceptors (Lipinski definition) is 4. The van der Waals surface area contributed by atoms with Gasteiger partial charge in [-0.25, -0.2) is 4.98 Å². The topological polar surface area (TPSA) is 25.8 Å². The van der Waals surface area contributed by atoms with Crippen molar-refractivity contribution in [2.24, 2.45) is 0 Å². The highest BCUT2D eigenvalue weighted by atomic mass is 35.5. The number of hydrogen-bond donors (Lipinski definition) is 0. The lowest BCUT2D eigenvalue weighted by Crippen LogP contribution is -1.77. The average Bonchev–Trinajstić information content (AvgIpc) is 2.96. The van der Waals surface area contributed by atoms with E-state index < -0.39 is 0 Å². The van der Waals surface area contributed by atoms with Crippen LogP contribution in [-0.2, 0) is 5.88 Å². The molecule has 0 aliphatic heterocycles. The van der Waals surface area contributed by atoms with E-state index in [9.17, 15) is 0 Å². The van der Waals surface area contributed by atoms with E-state index in [1.165, 1.54) is 4.70 Å². The average molecular weight is 267 g/mol. The minimum absolute atomic E-state index is 0.520. The molecule has 0 saturated carbocycles. The summed E-state index contributed by atoms with van der Waals surface area (Å²) < 4.78 is 1.19. The van der Waals surface area contributed by atoms with Crippen LogP contribution in [0, 0.1) is 0 Å². The number of thiazole rings is 1. The van der Waals surface area contributed by atoms with Gasteiger partial charge in [0.25, 0.3) is 0 Å². The molecule has 0 amide bonds. The quantitative estimate of drug-likeness (QED) is 0.651. The zero-order valence-corrected chi connectivity index (χ0v) is 10.6. The van der Waals surface area contributed by atoms with Crippen molar-refractivity contribution < 1.29 is 0 Å². The highest BCUT2D eigenvalue weighted by Gasteiger charge is 2.06. The third kappa shape index (κ3) is 1.73. The van der Waals surface area contributed by atoms with Crippen molar-refractivity contribution in [2.75, 3.05) is 0 Å². The van der Waals surface area contributed by atoms with Crippen LogP contribution in [0.2, 0.25) is 0 Å². The molecule has 5 heteroatoms. The first-order valence-electron chi connectivity index (χ1n) is 4.71. The van der Waals surface area contributed by atoms with E-state index in [1.807, 2.05) is 23.8 Å². The molecule has 3 rings (SSSR count). The van der Waals surface area contributed by atoms with Crippen LogP contribution in [0.1, 0.15) is 4.88 Å². The third-order valence-electron chi connectivity index (χ3n) is 2.23. The molecule has 0 aliphatic carbocycles.